The summed E-state index contributed by atoms with van der Waals surface area (Å²) >= 11 is 1.24. The van der Waals surface area contributed by atoms with Gasteiger partial charge in [-0.1, -0.05) is 12.1 Å². The van der Waals surface area contributed by atoms with Gasteiger partial charge in [-0.15, -0.1) is 11.3 Å². The van der Waals surface area contributed by atoms with E-state index in [1.807, 2.05) is 23.6 Å². The SMILES string of the molecule is O=C(Nc1nc(CN2CCN(c3ccccn3)CC2)cs1)c1c(F)cccc1F. The van der Waals surface area contributed by atoms with Gasteiger partial charge in [-0.3, -0.25) is 15.0 Å². The Morgan fingerprint density at radius 1 is 1.07 bits per heavy atom. The van der Waals surface area contributed by atoms with E-state index in [4.69, 9.17) is 0 Å². The van der Waals surface area contributed by atoms with Gasteiger partial charge in [0, 0.05) is 44.3 Å². The molecule has 0 radical (unpaired) electrons. The molecule has 2 aromatic heterocycles. The number of amides is 1. The molecule has 3 heterocycles. The van der Waals surface area contributed by atoms with Crippen molar-refractivity contribution in [2.45, 2.75) is 6.54 Å². The third kappa shape index (κ3) is 4.57. The van der Waals surface area contributed by atoms with Crippen LogP contribution in [0.4, 0.5) is 19.7 Å². The summed E-state index contributed by atoms with van der Waals surface area (Å²) in [7, 11) is 0. The number of piperazine rings is 1. The van der Waals surface area contributed by atoms with Gasteiger partial charge in [0.25, 0.3) is 5.91 Å². The quantitative estimate of drug-likeness (QED) is 0.692. The van der Waals surface area contributed by atoms with Crippen LogP contribution in [0.3, 0.4) is 0 Å². The Hall–Kier alpha value is -2.91. The maximum Gasteiger partial charge on any atom is 0.263 e. The minimum absolute atomic E-state index is 0.319. The number of carbonyl (C=O) groups excluding carboxylic acids is 1. The number of pyridine rings is 1. The van der Waals surface area contributed by atoms with Crippen molar-refractivity contribution in [1.29, 1.82) is 0 Å². The van der Waals surface area contributed by atoms with E-state index >= 15 is 0 Å². The van der Waals surface area contributed by atoms with Crippen LogP contribution in [0.1, 0.15) is 16.1 Å². The number of aromatic nitrogens is 2. The molecule has 1 aliphatic rings. The van der Waals surface area contributed by atoms with E-state index in [-0.39, 0.29) is 0 Å². The number of nitrogens with zero attached hydrogens (tertiary/aromatic N) is 4. The van der Waals surface area contributed by atoms with Gasteiger partial charge in [0.1, 0.15) is 23.0 Å². The standard InChI is InChI=1S/C20H19F2N5OS/c21-15-4-3-5-16(22)18(15)19(28)25-20-24-14(13-29-20)12-26-8-10-27(11-9-26)17-6-1-2-7-23-17/h1-7,13H,8-12H2,(H,24,25,28). The highest BCUT2D eigenvalue weighted by molar-refractivity contribution is 7.14. The topological polar surface area (TPSA) is 61.4 Å². The van der Waals surface area contributed by atoms with Crippen LogP contribution in [0.15, 0.2) is 48.0 Å². The number of anilines is 2. The summed E-state index contributed by atoms with van der Waals surface area (Å²) in [5, 5.41) is 4.64. The van der Waals surface area contributed by atoms with Crippen molar-refractivity contribution in [2.75, 3.05) is 36.4 Å². The van der Waals surface area contributed by atoms with Crippen molar-refractivity contribution in [3.63, 3.8) is 0 Å². The van der Waals surface area contributed by atoms with Crippen molar-refractivity contribution in [2.24, 2.45) is 0 Å². The lowest BCUT2D eigenvalue weighted by Gasteiger charge is -2.35. The van der Waals surface area contributed by atoms with Crippen LogP contribution in [0.25, 0.3) is 0 Å². The predicted molar refractivity (Wildman–Crippen MR) is 108 cm³/mol. The van der Waals surface area contributed by atoms with Crippen LogP contribution in [0, 0.1) is 11.6 Å². The van der Waals surface area contributed by atoms with Crippen molar-refractivity contribution in [3.05, 3.63) is 70.9 Å². The summed E-state index contributed by atoms with van der Waals surface area (Å²) in [6.07, 6.45) is 1.79. The molecule has 1 fully saturated rings. The molecule has 150 valence electrons. The third-order valence-corrected chi connectivity index (χ3v) is 5.50. The number of benzene rings is 1. The smallest absolute Gasteiger partial charge is 0.263 e. The molecule has 0 saturated carbocycles. The summed E-state index contributed by atoms with van der Waals surface area (Å²) < 4.78 is 27.5. The maximum absolute atomic E-state index is 13.7. The van der Waals surface area contributed by atoms with Crippen LogP contribution < -0.4 is 10.2 Å². The number of nitrogens with one attached hydrogen (secondary N) is 1. The molecule has 9 heteroatoms. The minimum atomic E-state index is -0.898. The predicted octanol–water partition coefficient (Wildman–Crippen LogP) is 3.39. The van der Waals surface area contributed by atoms with Crippen LogP contribution in [-0.2, 0) is 6.54 Å². The molecule has 0 bridgehead atoms. The van der Waals surface area contributed by atoms with E-state index < -0.39 is 23.1 Å². The van der Waals surface area contributed by atoms with E-state index in [9.17, 15) is 13.6 Å². The normalized spacial score (nSPS) is 14.8. The molecule has 6 nitrogen and oxygen atoms in total. The zero-order valence-electron chi connectivity index (χ0n) is 15.5. The first-order valence-electron chi connectivity index (χ1n) is 9.18. The van der Waals surface area contributed by atoms with Crippen molar-refractivity contribution >= 4 is 28.2 Å². The molecule has 3 aromatic rings. The lowest BCUT2D eigenvalue weighted by Crippen LogP contribution is -2.46. The van der Waals surface area contributed by atoms with Crippen LogP contribution in [0.5, 0.6) is 0 Å². The molecule has 1 N–H and O–H groups in total. The highest BCUT2D eigenvalue weighted by Gasteiger charge is 2.20. The summed E-state index contributed by atoms with van der Waals surface area (Å²) in [6.45, 7) is 4.14. The highest BCUT2D eigenvalue weighted by atomic mass is 32.1. The molecule has 0 aliphatic carbocycles. The van der Waals surface area contributed by atoms with Gasteiger partial charge in [-0.2, -0.15) is 0 Å². The van der Waals surface area contributed by atoms with Gasteiger partial charge in [0.15, 0.2) is 5.13 Å². The fourth-order valence-corrected chi connectivity index (χ4v) is 3.91. The van der Waals surface area contributed by atoms with Crippen LogP contribution in [0.2, 0.25) is 0 Å². The number of carbonyl (C=O) groups is 1. The van der Waals surface area contributed by atoms with Gasteiger partial charge in [-0.05, 0) is 24.3 Å². The number of halogens is 2. The van der Waals surface area contributed by atoms with Gasteiger partial charge in [0.05, 0.1) is 5.69 Å². The minimum Gasteiger partial charge on any atom is -0.354 e. The average molecular weight is 415 g/mol. The third-order valence-electron chi connectivity index (χ3n) is 4.69. The zero-order valence-corrected chi connectivity index (χ0v) is 16.3. The molecule has 0 unspecified atom stereocenters. The monoisotopic (exact) mass is 415 g/mol. The van der Waals surface area contributed by atoms with Gasteiger partial charge in [-0.25, -0.2) is 18.7 Å². The largest absolute Gasteiger partial charge is 0.354 e. The van der Waals surface area contributed by atoms with E-state index in [1.165, 1.54) is 17.4 Å². The van der Waals surface area contributed by atoms with E-state index in [0.717, 1.165) is 49.8 Å². The van der Waals surface area contributed by atoms with E-state index in [0.29, 0.717) is 11.7 Å². The fourth-order valence-electron chi connectivity index (χ4n) is 3.22. The van der Waals surface area contributed by atoms with Gasteiger partial charge < -0.3 is 4.90 Å². The van der Waals surface area contributed by atoms with Crippen LogP contribution >= 0.6 is 11.3 Å². The molecule has 4 rings (SSSR count). The second-order valence-corrected chi connectivity index (χ2v) is 7.50. The van der Waals surface area contributed by atoms with Gasteiger partial charge >= 0.3 is 0 Å². The lowest BCUT2D eigenvalue weighted by molar-refractivity contribution is 0.101. The highest BCUT2D eigenvalue weighted by Crippen LogP contribution is 2.21. The molecule has 1 aromatic carbocycles. The Balaban J connectivity index is 1.33. The number of thiazole rings is 1. The molecular formula is C20H19F2N5OS. The Kier molecular flexibility index (Phi) is 5.77. The Labute approximate surface area is 170 Å². The number of hydrogen-bond acceptors (Lipinski definition) is 6. The van der Waals surface area contributed by atoms with E-state index in [2.05, 4.69) is 25.1 Å². The first kappa shape index (κ1) is 19.4. The molecule has 0 atom stereocenters. The van der Waals surface area contributed by atoms with Crippen molar-refractivity contribution in [1.82, 2.24) is 14.9 Å². The van der Waals surface area contributed by atoms with Gasteiger partial charge in [0.2, 0.25) is 0 Å². The number of hydrogen-bond donors (Lipinski definition) is 1. The first-order chi connectivity index (χ1) is 14.1. The molecule has 1 saturated heterocycles. The maximum atomic E-state index is 13.7. The summed E-state index contributed by atoms with van der Waals surface area (Å²) in [5.74, 6) is -1.66. The first-order valence-corrected chi connectivity index (χ1v) is 10.1. The summed E-state index contributed by atoms with van der Waals surface area (Å²) in [5.41, 5.74) is 0.209. The Bertz CT molecular complexity index is 969. The van der Waals surface area contributed by atoms with Crippen molar-refractivity contribution in [3.8, 4) is 0 Å². The molecule has 1 amide bonds. The molecule has 29 heavy (non-hydrogen) atoms. The van der Waals surface area contributed by atoms with Crippen LogP contribution in [-0.4, -0.2) is 47.0 Å². The Morgan fingerprint density at radius 2 is 1.83 bits per heavy atom. The molecular weight excluding hydrogens is 396 g/mol. The lowest BCUT2D eigenvalue weighted by atomic mass is 10.2. The molecule has 0 spiro atoms. The van der Waals surface area contributed by atoms with Crippen molar-refractivity contribution < 1.29 is 13.6 Å². The second kappa shape index (κ2) is 8.62. The zero-order chi connectivity index (χ0) is 20.2. The number of rotatable bonds is 5. The summed E-state index contributed by atoms with van der Waals surface area (Å²) in [4.78, 5) is 25.5. The second-order valence-electron chi connectivity index (χ2n) is 6.65. The fraction of sp³-hybridized carbons (Fsp3) is 0.250. The molecule has 1 aliphatic heterocycles. The summed E-state index contributed by atoms with van der Waals surface area (Å²) in [6, 6.07) is 9.21. The Morgan fingerprint density at radius 3 is 2.52 bits per heavy atom. The average Bonchev–Trinajstić information content (AvgIpc) is 3.16. The van der Waals surface area contributed by atoms with E-state index in [1.54, 1.807) is 6.20 Å².